The lowest BCUT2D eigenvalue weighted by Gasteiger charge is -2.32. The maximum absolute atomic E-state index is 14.1. The van der Waals surface area contributed by atoms with Crippen molar-refractivity contribution in [1.29, 1.82) is 0 Å². The third kappa shape index (κ3) is 4.30. The Hall–Kier alpha value is -0.385. The van der Waals surface area contributed by atoms with E-state index in [1.807, 2.05) is 27.7 Å². The molecule has 1 aliphatic rings. The van der Waals surface area contributed by atoms with Gasteiger partial charge in [-0.25, -0.2) is 4.39 Å². The van der Waals surface area contributed by atoms with E-state index in [-0.39, 0.29) is 11.1 Å². The molecule has 0 atom stereocenters. The minimum Gasteiger partial charge on any atom is -0.398 e. The minimum atomic E-state index is -0.884. The lowest BCUT2D eigenvalue weighted by molar-refractivity contribution is 0.00578. The van der Waals surface area contributed by atoms with Crippen molar-refractivity contribution in [2.45, 2.75) is 65.6 Å². The number of rotatable bonds is 6. The van der Waals surface area contributed by atoms with Crippen molar-refractivity contribution in [2.24, 2.45) is 5.41 Å². The Kier molecular flexibility index (Phi) is 5.44. The van der Waals surface area contributed by atoms with Crippen LogP contribution in [0, 0.1) is 5.41 Å². The van der Waals surface area contributed by atoms with Crippen LogP contribution in [0.3, 0.4) is 0 Å². The molecule has 0 unspecified atom stereocenters. The molecule has 0 radical (unpaired) electrons. The molecule has 0 bridgehead atoms. The molecular formula is C15H28BFO3. The zero-order chi connectivity index (χ0) is 15.6. The topological polar surface area (TPSA) is 27.7 Å². The summed E-state index contributed by atoms with van der Waals surface area (Å²) in [5, 5.41) is 0. The molecule has 0 aliphatic carbocycles. The van der Waals surface area contributed by atoms with Crippen LogP contribution in [0.2, 0.25) is 0 Å². The first-order chi connectivity index (χ1) is 9.01. The van der Waals surface area contributed by atoms with Crippen LogP contribution in [-0.4, -0.2) is 32.0 Å². The fourth-order valence-electron chi connectivity index (χ4n) is 2.12. The van der Waals surface area contributed by atoms with E-state index in [2.05, 4.69) is 13.8 Å². The van der Waals surface area contributed by atoms with Gasteiger partial charge in [0.1, 0.15) is 5.73 Å². The molecule has 0 spiro atoms. The summed E-state index contributed by atoms with van der Waals surface area (Å²) < 4.78 is 30.6. The van der Waals surface area contributed by atoms with Crippen LogP contribution in [0.5, 0.6) is 0 Å². The molecule has 1 rings (SSSR count). The molecule has 0 saturated carbocycles. The molecule has 3 nitrogen and oxygen atoms in total. The van der Waals surface area contributed by atoms with Crippen LogP contribution < -0.4 is 0 Å². The van der Waals surface area contributed by atoms with Gasteiger partial charge in [0.25, 0.3) is 0 Å². The second-order valence-electron chi connectivity index (χ2n) is 7.31. The highest BCUT2D eigenvalue weighted by atomic mass is 19.1. The standard InChI is InChI=1S/C15H28BFO3/c1-13(2,11-18-7)10-8-9-12(17)16-19-14(3,4)15(5,6)20-16/h9H,8,10-11H2,1-7H3. The molecule has 1 fully saturated rings. The van der Waals surface area contributed by atoms with Crippen LogP contribution in [0.25, 0.3) is 0 Å². The monoisotopic (exact) mass is 286 g/mol. The molecule has 0 aromatic rings. The SMILES string of the molecule is COCC(C)(C)CCC=C(F)B1OC(C)(C)C(C)(C)O1. The van der Waals surface area contributed by atoms with Crippen LogP contribution >= 0.6 is 0 Å². The summed E-state index contributed by atoms with van der Waals surface area (Å²) in [6, 6.07) is 0. The molecule has 0 aromatic heterocycles. The highest BCUT2D eigenvalue weighted by Gasteiger charge is 2.52. The third-order valence-corrected chi connectivity index (χ3v) is 4.17. The van der Waals surface area contributed by atoms with Gasteiger partial charge < -0.3 is 14.0 Å². The van der Waals surface area contributed by atoms with Crippen LogP contribution in [0.4, 0.5) is 4.39 Å². The van der Waals surface area contributed by atoms with Gasteiger partial charge in [-0.15, -0.1) is 0 Å². The van der Waals surface area contributed by atoms with Crippen molar-refractivity contribution >= 4 is 7.12 Å². The highest BCUT2D eigenvalue weighted by Crippen LogP contribution is 2.38. The molecule has 1 saturated heterocycles. The summed E-state index contributed by atoms with van der Waals surface area (Å²) in [5.74, 6) is 0. The van der Waals surface area contributed by atoms with E-state index >= 15 is 0 Å². The largest absolute Gasteiger partial charge is 0.524 e. The second kappa shape index (κ2) is 6.16. The Morgan fingerprint density at radius 2 is 1.70 bits per heavy atom. The Morgan fingerprint density at radius 3 is 2.15 bits per heavy atom. The number of allylic oxidation sites excluding steroid dienone is 1. The minimum absolute atomic E-state index is 0.0431. The van der Waals surface area contributed by atoms with Crippen molar-refractivity contribution in [3.8, 4) is 0 Å². The quantitative estimate of drug-likeness (QED) is 0.692. The van der Waals surface area contributed by atoms with E-state index in [1.165, 1.54) is 0 Å². The molecule has 0 N–H and O–H groups in total. The van der Waals surface area contributed by atoms with Gasteiger partial charge in [-0.3, -0.25) is 0 Å². The maximum atomic E-state index is 14.1. The summed E-state index contributed by atoms with van der Waals surface area (Å²) in [6.07, 6.45) is 3.07. The lowest BCUT2D eigenvalue weighted by atomic mass is 9.84. The van der Waals surface area contributed by atoms with Gasteiger partial charge in [-0.2, -0.15) is 0 Å². The third-order valence-electron chi connectivity index (χ3n) is 4.17. The van der Waals surface area contributed by atoms with Crippen molar-refractivity contribution in [1.82, 2.24) is 0 Å². The van der Waals surface area contributed by atoms with E-state index in [9.17, 15) is 4.39 Å². The van der Waals surface area contributed by atoms with Crippen molar-refractivity contribution in [2.75, 3.05) is 13.7 Å². The summed E-state index contributed by atoms with van der Waals surface area (Å²) in [6.45, 7) is 12.6. The first-order valence-electron chi connectivity index (χ1n) is 7.21. The number of hydrogen-bond donors (Lipinski definition) is 0. The molecule has 5 heteroatoms. The van der Waals surface area contributed by atoms with Gasteiger partial charge in [-0.05, 0) is 46.0 Å². The fourth-order valence-corrected chi connectivity index (χ4v) is 2.12. The second-order valence-corrected chi connectivity index (χ2v) is 7.31. The molecular weight excluding hydrogens is 258 g/mol. The Morgan fingerprint density at radius 1 is 1.20 bits per heavy atom. The van der Waals surface area contributed by atoms with E-state index in [4.69, 9.17) is 14.0 Å². The highest BCUT2D eigenvalue weighted by molar-refractivity contribution is 6.53. The Labute approximate surface area is 123 Å². The van der Waals surface area contributed by atoms with E-state index in [1.54, 1.807) is 13.2 Å². The number of methoxy groups -OCH3 is 1. The first-order valence-corrected chi connectivity index (χ1v) is 7.21. The number of hydrogen-bond acceptors (Lipinski definition) is 3. The van der Waals surface area contributed by atoms with Gasteiger partial charge in [0, 0.05) is 7.11 Å². The van der Waals surface area contributed by atoms with Crippen LogP contribution in [0.1, 0.15) is 54.4 Å². The molecule has 1 aliphatic heterocycles. The Balaban J connectivity index is 2.55. The van der Waals surface area contributed by atoms with Gasteiger partial charge >= 0.3 is 7.12 Å². The van der Waals surface area contributed by atoms with Gasteiger partial charge in [0.05, 0.1) is 17.8 Å². The van der Waals surface area contributed by atoms with Crippen molar-refractivity contribution < 1.29 is 18.4 Å². The van der Waals surface area contributed by atoms with Crippen molar-refractivity contribution in [3.63, 3.8) is 0 Å². The molecule has 116 valence electrons. The van der Waals surface area contributed by atoms with Crippen LogP contribution in [0.15, 0.2) is 11.8 Å². The van der Waals surface area contributed by atoms with E-state index in [0.717, 1.165) is 6.42 Å². The van der Waals surface area contributed by atoms with Crippen LogP contribution in [-0.2, 0) is 14.0 Å². The predicted molar refractivity (Wildman–Crippen MR) is 80.2 cm³/mol. The average Bonchev–Trinajstić information content (AvgIpc) is 2.47. The zero-order valence-corrected chi connectivity index (χ0v) is 13.9. The smallest absolute Gasteiger partial charge is 0.398 e. The number of halogens is 1. The Bertz CT molecular complexity index is 348. The van der Waals surface area contributed by atoms with Gasteiger partial charge in [0.2, 0.25) is 0 Å². The van der Waals surface area contributed by atoms with Crippen molar-refractivity contribution in [3.05, 3.63) is 11.8 Å². The molecule has 0 aromatic carbocycles. The summed E-state index contributed by atoms with van der Waals surface area (Å²) in [4.78, 5) is 0. The fraction of sp³-hybridized carbons (Fsp3) is 0.867. The average molecular weight is 286 g/mol. The molecule has 20 heavy (non-hydrogen) atoms. The first kappa shape index (κ1) is 17.7. The van der Waals surface area contributed by atoms with Gasteiger partial charge in [-0.1, -0.05) is 19.9 Å². The molecule has 1 heterocycles. The van der Waals surface area contributed by atoms with E-state index < -0.39 is 18.3 Å². The zero-order valence-electron chi connectivity index (χ0n) is 13.9. The molecule has 0 amide bonds. The lowest BCUT2D eigenvalue weighted by Crippen LogP contribution is -2.41. The predicted octanol–water partition coefficient (Wildman–Crippen LogP) is 3.92. The summed E-state index contributed by atoms with van der Waals surface area (Å²) in [7, 11) is 0.799. The maximum Gasteiger partial charge on any atom is 0.524 e. The number of ether oxygens (including phenoxy) is 1. The summed E-state index contributed by atoms with van der Waals surface area (Å²) >= 11 is 0. The summed E-state index contributed by atoms with van der Waals surface area (Å²) in [5.41, 5.74) is -1.30. The van der Waals surface area contributed by atoms with Gasteiger partial charge in [0.15, 0.2) is 0 Å². The van der Waals surface area contributed by atoms with E-state index in [0.29, 0.717) is 13.0 Å². The normalized spacial score (nSPS) is 22.4.